The minimum atomic E-state index is -3.39. The van der Waals surface area contributed by atoms with Gasteiger partial charge in [-0.25, -0.2) is 13.4 Å². The molecule has 0 fully saturated rings. The molecule has 1 N–H and O–H groups in total. The van der Waals surface area contributed by atoms with Crippen molar-refractivity contribution in [2.75, 3.05) is 11.1 Å². The number of amides is 1. The molecule has 8 heteroatoms. The van der Waals surface area contributed by atoms with Gasteiger partial charge in [-0.2, -0.15) is 0 Å². The molecular weight excluding hydrogens is 436 g/mol. The van der Waals surface area contributed by atoms with E-state index < -0.39 is 9.84 Å². The van der Waals surface area contributed by atoms with Crippen molar-refractivity contribution in [2.45, 2.75) is 24.7 Å². The summed E-state index contributed by atoms with van der Waals surface area (Å²) in [6, 6.07) is 16.6. The van der Waals surface area contributed by atoms with E-state index in [4.69, 9.17) is 0 Å². The fourth-order valence-electron chi connectivity index (χ4n) is 3.04. The average Bonchev–Trinajstić information content (AvgIpc) is 3.34. The van der Waals surface area contributed by atoms with Crippen molar-refractivity contribution in [3.63, 3.8) is 0 Å². The highest BCUT2D eigenvalue weighted by Gasteiger charge is 2.17. The lowest BCUT2D eigenvalue weighted by atomic mass is 10.2. The predicted octanol–water partition coefficient (Wildman–Crippen LogP) is 5.53. The van der Waals surface area contributed by atoms with Gasteiger partial charge in [0, 0.05) is 12.0 Å². The molecule has 0 unspecified atom stereocenters. The number of nitrogens with one attached hydrogen (secondary N) is 1. The third-order valence-corrected chi connectivity index (χ3v) is 8.36. The number of fused-ring (bicyclic) bond motifs is 1. The molecule has 2 heterocycles. The summed E-state index contributed by atoms with van der Waals surface area (Å²) in [6.45, 7) is 1.91. The molecule has 0 aliphatic heterocycles. The Morgan fingerprint density at radius 3 is 2.60 bits per heavy atom. The minimum Gasteiger partial charge on any atom is -0.317 e. The van der Waals surface area contributed by atoms with E-state index in [-0.39, 0.29) is 24.5 Å². The lowest BCUT2D eigenvalue weighted by Crippen LogP contribution is -2.14. The lowest BCUT2D eigenvalue weighted by molar-refractivity contribution is -0.116. The number of aromatic nitrogens is 1. The Kier molecular flexibility index (Phi) is 5.99. The molecule has 4 rings (SSSR count). The van der Waals surface area contributed by atoms with E-state index in [1.165, 1.54) is 11.3 Å². The number of rotatable bonds is 7. The molecule has 0 saturated carbocycles. The van der Waals surface area contributed by atoms with Gasteiger partial charge in [0.05, 0.1) is 20.9 Å². The quantitative estimate of drug-likeness (QED) is 0.397. The number of nitrogens with zero attached hydrogens (tertiary/aromatic N) is 1. The zero-order chi connectivity index (χ0) is 21.1. The molecule has 154 valence electrons. The van der Waals surface area contributed by atoms with Gasteiger partial charge < -0.3 is 5.32 Å². The van der Waals surface area contributed by atoms with Crippen molar-refractivity contribution >= 4 is 53.6 Å². The van der Waals surface area contributed by atoms with E-state index >= 15 is 0 Å². The maximum Gasteiger partial charge on any atom is 0.225 e. The largest absolute Gasteiger partial charge is 0.317 e. The Morgan fingerprint density at radius 1 is 1.07 bits per heavy atom. The lowest BCUT2D eigenvalue weighted by Gasteiger charge is -2.06. The van der Waals surface area contributed by atoms with Crippen molar-refractivity contribution in [1.29, 1.82) is 0 Å². The third-order valence-electron chi connectivity index (χ3n) is 4.64. The van der Waals surface area contributed by atoms with Crippen LogP contribution in [-0.2, 0) is 14.6 Å². The average molecular weight is 457 g/mol. The molecule has 2 aromatic carbocycles. The summed E-state index contributed by atoms with van der Waals surface area (Å²) in [4.78, 5) is 17.4. The van der Waals surface area contributed by atoms with E-state index in [1.54, 1.807) is 35.6 Å². The molecule has 5 nitrogen and oxygen atoms in total. The SMILES string of the molecule is Cc1ccc(S(=O)(=O)CCCC(=O)Nc2sccc2-c2nc3ccccc3s2)cc1. The molecular formula is C22H20N2O3S3. The van der Waals surface area contributed by atoms with Crippen molar-refractivity contribution < 1.29 is 13.2 Å². The van der Waals surface area contributed by atoms with Crippen LogP contribution in [0.25, 0.3) is 20.8 Å². The molecule has 0 aliphatic rings. The molecule has 0 bridgehead atoms. The van der Waals surface area contributed by atoms with Gasteiger partial charge in [0.1, 0.15) is 10.0 Å². The first-order valence-corrected chi connectivity index (χ1v) is 12.8. The number of hydrogen-bond donors (Lipinski definition) is 1. The maximum absolute atomic E-state index is 12.4. The second-order valence-corrected chi connectivity index (χ2v) is 11.0. The maximum atomic E-state index is 12.4. The normalized spacial score (nSPS) is 11.6. The van der Waals surface area contributed by atoms with E-state index in [1.807, 2.05) is 42.6 Å². The summed E-state index contributed by atoms with van der Waals surface area (Å²) < 4.78 is 26.0. The second kappa shape index (κ2) is 8.67. The van der Waals surface area contributed by atoms with Crippen LogP contribution in [0.3, 0.4) is 0 Å². The third kappa shape index (κ3) is 4.61. The summed E-state index contributed by atoms with van der Waals surface area (Å²) in [6.07, 6.45) is 0.409. The summed E-state index contributed by atoms with van der Waals surface area (Å²) in [5.41, 5.74) is 2.83. The first-order valence-electron chi connectivity index (χ1n) is 9.45. The monoisotopic (exact) mass is 456 g/mol. The van der Waals surface area contributed by atoms with Crippen LogP contribution in [0.4, 0.5) is 5.00 Å². The number of para-hydroxylation sites is 1. The number of benzene rings is 2. The Bertz CT molecular complexity index is 1260. The molecule has 0 saturated heterocycles. The predicted molar refractivity (Wildman–Crippen MR) is 124 cm³/mol. The van der Waals surface area contributed by atoms with Crippen LogP contribution in [0.5, 0.6) is 0 Å². The topological polar surface area (TPSA) is 76.1 Å². The van der Waals surface area contributed by atoms with Crippen LogP contribution >= 0.6 is 22.7 Å². The van der Waals surface area contributed by atoms with E-state index in [9.17, 15) is 13.2 Å². The smallest absolute Gasteiger partial charge is 0.225 e. The van der Waals surface area contributed by atoms with Gasteiger partial charge in [-0.15, -0.1) is 22.7 Å². The van der Waals surface area contributed by atoms with Gasteiger partial charge in [0.25, 0.3) is 0 Å². The number of thiophene rings is 1. The minimum absolute atomic E-state index is 0.0569. The van der Waals surface area contributed by atoms with Gasteiger partial charge >= 0.3 is 0 Å². The summed E-state index contributed by atoms with van der Waals surface area (Å²) in [7, 11) is -3.39. The van der Waals surface area contributed by atoms with Crippen LogP contribution in [0.2, 0.25) is 0 Å². The van der Waals surface area contributed by atoms with Crippen LogP contribution in [0.1, 0.15) is 18.4 Å². The zero-order valence-electron chi connectivity index (χ0n) is 16.3. The first kappa shape index (κ1) is 20.7. The fraction of sp³-hybridized carbons (Fsp3) is 0.182. The van der Waals surface area contributed by atoms with Crippen molar-refractivity contribution in [2.24, 2.45) is 0 Å². The number of thiazole rings is 1. The van der Waals surface area contributed by atoms with Crippen molar-refractivity contribution in [3.8, 4) is 10.6 Å². The zero-order valence-corrected chi connectivity index (χ0v) is 18.7. The molecule has 2 aromatic heterocycles. The summed E-state index contributed by atoms with van der Waals surface area (Å²) in [5.74, 6) is -0.252. The highest BCUT2D eigenvalue weighted by atomic mass is 32.2. The fourth-order valence-corrected chi connectivity index (χ4v) is 6.21. The Hall–Kier alpha value is -2.55. The highest BCUT2D eigenvalue weighted by molar-refractivity contribution is 7.91. The second-order valence-electron chi connectivity index (χ2n) is 6.93. The molecule has 0 radical (unpaired) electrons. The number of hydrogen-bond acceptors (Lipinski definition) is 6. The van der Waals surface area contributed by atoms with Crippen LogP contribution in [0.15, 0.2) is 64.9 Å². The van der Waals surface area contributed by atoms with Gasteiger partial charge in [0.15, 0.2) is 9.84 Å². The molecule has 0 aliphatic carbocycles. The molecule has 0 spiro atoms. The Balaban J connectivity index is 1.38. The highest BCUT2D eigenvalue weighted by Crippen LogP contribution is 2.37. The number of carbonyl (C=O) groups is 1. The van der Waals surface area contributed by atoms with Gasteiger partial charge in [0.2, 0.25) is 5.91 Å². The molecule has 1 amide bonds. The molecule has 30 heavy (non-hydrogen) atoms. The van der Waals surface area contributed by atoms with Gasteiger partial charge in [-0.1, -0.05) is 29.8 Å². The summed E-state index contributed by atoms with van der Waals surface area (Å²) >= 11 is 3.02. The van der Waals surface area contributed by atoms with Crippen LogP contribution in [0, 0.1) is 6.92 Å². The van der Waals surface area contributed by atoms with Crippen LogP contribution in [-0.4, -0.2) is 25.1 Å². The van der Waals surface area contributed by atoms with Crippen molar-refractivity contribution in [3.05, 3.63) is 65.5 Å². The van der Waals surface area contributed by atoms with Gasteiger partial charge in [-0.05, 0) is 49.1 Å². The van der Waals surface area contributed by atoms with Crippen LogP contribution < -0.4 is 5.32 Å². The van der Waals surface area contributed by atoms with Gasteiger partial charge in [-0.3, -0.25) is 4.79 Å². The first-order chi connectivity index (χ1) is 14.4. The van der Waals surface area contributed by atoms with E-state index in [2.05, 4.69) is 10.3 Å². The number of sulfone groups is 1. The molecule has 0 atom stereocenters. The number of carbonyl (C=O) groups excluding carboxylic acids is 1. The van der Waals surface area contributed by atoms with E-state index in [0.29, 0.717) is 4.90 Å². The summed E-state index contributed by atoms with van der Waals surface area (Å²) in [5, 5.41) is 6.43. The molecule has 4 aromatic rings. The van der Waals surface area contributed by atoms with Crippen molar-refractivity contribution in [1.82, 2.24) is 4.98 Å². The van der Waals surface area contributed by atoms with E-state index in [0.717, 1.165) is 31.4 Å². The Morgan fingerprint density at radius 2 is 1.83 bits per heavy atom. The Labute approximate surface area is 183 Å². The standard InChI is InChI=1S/C22H20N2O3S3/c1-15-8-10-16(11-9-15)30(26,27)14-4-7-20(25)24-21-17(12-13-28-21)22-23-18-5-2-3-6-19(18)29-22/h2-3,5-6,8-13H,4,7,14H2,1H3,(H,24,25). The number of aryl methyl sites for hydroxylation is 1. The number of anilines is 1.